The first kappa shape index (κ1) is 10.4. The van der Waals surface area contributed by atoms with Gasteiger partial charge in [-0.25, -0.2) is 0 Å². The summed E-state index contributed by atoms with van der Waals surface area (Å²) < 4.78 is 0. The van der Waals surface area contributed by atoms with E-state index in [4.69, 9.17) is 10.0 Å². The van der Waals surface area contributed by atoms with E-state index in [9.17, 15) is 10.1 Å². The molecule has 5 nitrogen and oxygen atoms in total. The summed E-state index contributed by atoms with van der Waals surface area (Å²) in [6.45, 7) is 0. The first-order valence-corrected chi connectivity index (χ1v) is 3.88. The lowest BCUT2D eigenvalue weighted by molar-refractivity contribution is -0.384. The minimum atomic E-state index is -1.55. The van der Waals surface area contributed by atoms with Crippen molar-refractivity contribution in [2.24, 2.45) is 0 Å². The molecule has 0 fully saturated rings. The van der Waals surface area contributed by atoms with Gasteiger partial charge in [0.1, 0.15) is 0 Å². The van der Waals surface area contributed by atoms with Crippen molar-refractivity contribution in [3.05, 3.63) is 45.9 Å². The monoisotopic (exact) mass is 193 g/mol. The minimum Gasteiger partial charge on any atom is -0.424 e. The van der Waals surface area contributed by atoms with Crippen molar-refractivity contribution in [3.63, 3.8) is 0 Å². The summed E-state index contributed by atoms with van der Waals surface area (Å²) in [6.07, 6.45) is 1.40. The van der Waals surface area contributed by atoms with E-state index in [1.807, 2.05) is 0 Å². The van der Waals surface area contributed by atoms with Crippen LogP contribution in [0.3, 0.4) is 0 Å². The molecule has 0 amide bonds. The largest absolute Gasteiger partial charge is 0.480 e. The fraction of sp³-hybridized carbons (Fsp3) is 0. The number of nitro groups is 1. The molecular weight excluding hydrogens is 185 g/mol. The Hall–Kier alpha value is -1.66. The van der Waals surface area contributed by atoms with Crippen molar-refractivity contribution in [1.82, 2.24) is 0 Å². The highest BCUT2D eigenvalue weighted by Crippen LogP contribution is 2.13. The van der Waals surface area contributed by atoms with Crippen LogP contribution in [-0.2, 0) is 0 Å². The number of benzene rings is 1. The standard InChI is InChI=1S/C8H8BNO4/c11-9(12)5-4-7-2-1-3-8(6-7)10(13)14/h1-6,11-12H. The molecule has 0 aromatic heterocycles. The average Bonchev–Trinajstić information content (AvgIpc) is 2.15. The first-order valence-electron chi connectivity index (χ1n) is 3.88. The Kier molecular flexibility index (Phi) is 3.38. The third kappa shape index (κ3) is 3.00. The SMILES string of the molecule is O=[N+]([O-])c1cccc(C=CB(O)O)c1. The quantitative estimate of drug-likeness (QED) is 0.418. The maximum absolute atomic E-state index is 10.4. The predicted octanol–water partition coefficient (Wildman–Crippen LogP) is 0.620. The zero-order valence-electron chi connectivity index (χ0n) is 7.20. The summed E-state index contributed by atoms with van der Waals surface area (Å²) in [5, 5.41) is 27.4. The van der Waals surface area contributed by atoms with Crippen molar-refractivity contribution in [2.45, 2.75) is 0 Å². The van der Waals surface area contributed by atoms with E-state index in [2.05, 4.69) is 0 Å². The lowest BCUT2D eigenvalue weighted by atomic mass is 9.91. The Labute approximate surface area is 80.6 Å². The van der Waals surface area contributed by atoms with Crippen LogP contribution in [0.25, 0.3) is 6.08 Å². The minimum absolute atomic E-state index is 0.0282. The smallest absolute Gasteiger partial charge is 0.424 e. The average molecular weight is 193 g/mol. The van der Waals surface area contributed by atoms with E-state index in [-0.39, 0.29) is 5.69 Å². The number of hydrogen-bond acceptors (Lipinski definition) is 4. The Balaban J connectivity index is 2.89. The van der Waals surface area contributed by atoms with Gasteiger partial charge in [-0.1, -0.05) is 24.2 Å². The lowest BCUT2D eigenvalue weighted by Crippen LogP contribution is -2.05. The van der Waals surface area contributed by atoms with Gasteiger partial charge in [-0.3, -0.25) is 10.1 Å². The molecule has 0 saturated heterocycles. The van der Waals surface area contributed by atoms with Gasteiger partial charge in [-0.2, -0.15) is 0 Å². The highest BCUT2D eigenvalue weighted by Gasteiger charge is 2.04. The molecular formula is C8H8BNO4. The molecule has 72 valence electrons. The Morgan fingerprint density at radius 2 is 2.14 bits per heavy atom. The fourth-order valence-corrected chi connectivity index (χ4v) is 0.939. The summed E-state index contributed by atoms with van der Waals surface area (Å²) in [7, 11) is -1.55. The van der Waals surface area contributed by atoms with Crippen LogP contribution >= 0.6 is 0 Å². The van der Waals surface area contributed by atoms with Gasteiger partial charge in [0, 0.05) is 12.1 Å². The van der Waals surface area contributed by atoms with Gasteiger partial charge in [0.15, 0.2) is 0 Å². The molecule has 14 heavy (non-hydrogen) atoms. The van der Waals surface area contributed by atoms with Gasteiger partial charge in [0.25, 0.3) is 5.69 Å². The van der Waals surface area contributed by atoms with E-state index >= 15 is 0 Å². The van der Waals surface area contributed by atoms with E-state index in [1.165, 1.54) is 24.3 Å². The molecule has 0 saturated carbocycles. The van der Waals surface area contributed by atoms with Gasteiger partial charge in [-0.05, 0) is 5.56 Å². The maximum atomic E-state index is 10.4. The normalized spacial score (nSPS) is 10.4. The van der Waals surface area contributed by atoms with E-state index in [0.29, 0.717) is 5.56 Å². The fourth-order valence-electron chi connectivity index (χ4n) is 0.939. The Bertz CT molecular complexity index is 364. The van der Waals surface area contributed by atoms with Crippen LogP contribution in [0.4, 0.5) is 5.69 Å². The molecule has 6 heteroatoms. The zero-order chi connectivity index (χ0) is 10.6. The van der Waals surface area contributed by atoms with Crippen molar-refractivity contribution in [1.29, 1.82) is 0 Å². The lowest BCUT2D eigenvalue weighted by Gasteiger charge is -1.93. The predicted molar refractivity (Wildman–Crippen MR) is 52.3 cm³/mol. The van der Waals surface area contributed by atoms with Crippen LogP contribution < -0.4 is 0 Å². The molecule has 0 aliphatic rings. The molecule has 2 N–H and O–H groups in total. The number of nitro benzene ring substituents is 1. The van der Waals surface area contributed by atoms with Gasteiger partial charge >= 0.3 is 7.12 Å². The van der Waals surface area contributed by atoms with Crippen LogP contribution in [0, 0.1) is 10.1 Å². The zero-order valence-corrected chi connectivity index (χ0v) is 7.20. The summed E-state index contributed by atoms with van der Waals surface area (Å²) in [4.78, 5) is 9.87. The topological polar surface area (TPSA) is 83.6 Å². The van der Waals surface area contributed by atoms with E-state index in [1.54, 1.807) is 6.07 Å². The van der Waals surface area contributed by atoms with Gasteiger partial charge < -0.3 is 10.0 Å². The summed E-state index contributed by atoms with van der Waals surface area (Å²) in [6, 6.07) is 5.87. The van der Waals surface area contributed by atoms with Crippen LogP contribution in [0.1, 0.15) is 5.56 Å². The molecule has 1 rings (SSSR count). The molecule has 1 aromatic carbocycles. The van der Waals surface area contributed by atoms with Crippen LogP contribution in [0.5, 0.6) is 0 Å². The maximum Gasteiger partial charge on any atom is 0.480 e. The van der Waals surface area contributed by atoms with Crippen LogP contribution in [-0.4, -0.2) is 22.1 Å². The molecule has 0 aliphatic carbocycles. The van der Waals surface area contributed by atoms with Crippen molar-refractivity contribution in [3.8, 4) is 0 Å². The molecule has 0 bridgehead atoms. The van der Waals surface area contributed by atoms with Crippen molar-refractivity contribution >= 4 is 18.9 Å². The molecule has 0 atom stereocenters. The number of non-ortho nitro benzene ring substituents is 1. The number of hydrogen-bond donors (Lipinski definition) is 2. The van der Waals surface area contributed by atoms with Gasteiger partial charge in [-0.15, -0.1) is 0 Å². The second-order valence-electron chi connectivity index (χ2n) is 2.62. The Morgan fingerprint density at radius 1 is 1.43 bits per heavy atom. The summed E-state index contributed by atoms with van der Waals surface area (Å²) >= 11 is 0. The van der Waals surface area contributed by atoms with Gasteiger partial charge in [0.05, 0.1) is 4.92 Å². The van der Waals surface area contributed by atoms with Gasteiger partial charge in [0.2, 0.25) is 0 Å². The molecule has 1 aromatic rings. The molecule has 0 heterocycles. The highest BCUT2D eigenvalue weighted by molar-refractivity contribution is 6.48. The highest BCUT2D eigenvalue weighted by atomic mass is 16.6. The summed E-state index contributed by atoms with van der Waals surface area (Å²) in [5.41, 5.74) is 0.520. The number of rotatable bonds is 3. The Morgan fingerprint density at radius 3 is 2.71 bits per heavy atom. The third-order valence-electron chi connectivity index (χ3n) is 1.54. The summed E-state index contributed by atoms with van der Waals surface area (Å²) in [5.74, 6) is 1.12. The molecule has 0 unspecified atom stereocenters. The van der Waals surface area contributed by atoms with E-state index < -0.39 is 12.0 Å². The first-order chi connectivity index (χ1) is 6.59. The molecule has 0 spiro atoms. The van der Waals surface area contributed by atoms with Crippen LogP contribution in [0.2, 0.25) is 0 Å². The third-order valence-corrected chi connectivity index (χ3v) is 1.54. The van der Waals surface area contributed by atoms with Crippen molar-refractivity contribution in [2.75, 3.05) is 0 Å². The molecule has 0 aliphatic heterocycles. The second kappa shape index (κ2) is 4.54. The van der Waals surface area contributed by atoms with Crippen LogP contribution in [0.15, 0.2) is 30.2 Å². The second-order valence-corrected chi connectivity index (χ2v) is 2.62. The van der Waals surface area contributed by atoms with Crippen molar-refractivity contribution < 1.29 is 15.0 Å². The molecule has 0 radical (unpaired) electrons. The number of nitrogens with zero attached hydrogens (tertiary/aromatic N) is 1. The van der Waals surface area contributed by atoms with E-state index in [0.717, 1.165) is 5.98 Å².